The minimum absolute atomic E-state index is 0.0583. The number of benzene rings is 2. The van der Waals surface area contributed by atoms with Crippen molar-refractivity contribution >= 4 is 11.8 Å². The third-order valence-electron chi connectivity index (χ3n) is 4.46. The standard InChI is InChI=1S/C21H20F3N3O3/c1-13(2)27-18(19(29)15-8-10-16(11-9-15)21(22,23)24)20(30-26-27)25-17(28)12-14-6-4-3-5-7-14/h3-11,13,19,29H,12H2,1-2H3/p+1. The molecule has 2 N–H and O–H groups in total. The van der Waals surface area contributed by atoms with Gasteiger partial charge in [0.25, 0.3) is 0 Å². The van der Waals surface area contributed by atoms with Crippen molar-refractivity contribution in [1.29, 1.82) is 0 Å². The smallest absolute Gasteiger partial charge is 0.377 e. The lowest BCUT2D eigenvalue weighted by atomic mass is 10.0. The van der Waals surface area contributed by atoms with Gasteiger partial charge in [-0.2, -0.15) is 13.2 Å². The van der Waals surface area contributed by atoms with Crippen molar-refractivity contribution in [2.45, 2.75) is 38.6 Å². The second-order valence-corrected chi connectivity index (χ2v) is 7.06. The van der Waals surface area contributed by atoms with Crippen LogP contribution in [0.1, 0.15) is 48.4 Å². The molecule has 1 amide bonds. The number of rotatable bonds is 6. The summed E-state index contributed by atoms with van der Waals surface area (Å²) in [7, 11) is 0. The Bertz CT molecular complexity index is 1000. The third kappa shape index (κ3) is 4.85. The first-order valence-corrected chi connectivity index (χ1v) is 9.27. The minimum atomic E-state index is -4.48. The zero-order chi connectivity index (χ0) is 21.9. The summed E-state index contributed by atoms with van der Waals surface area (Å²) in [5.74, 6) is -0.439. The number of alkyl halides is 3. The van der Waals surface area contributed by atoms with Crippen LogP contribution in [0.3, 0.4) is 0 Å². The summed E-state index contributed by atoms with van der Waals surface area (Å²) in [6.45, 7) is 3.59. The van der Waals surface area contributed by atoms with Crippen LogP contribution in [0.25, 0.3) is 0 Å². The molecule has 158 valence electrons. The minimum Gasteiger partial charge on any atom is -0.377 e. The fraction of sp³-hybridized carbons (Fsp3) is 0.286. The predicted molar refractivity (Wildman–Crippen MR) is 101 cm³/mol. The molecule has 0 aliphatic carbocycles. The summed E-state index contributed by atoms with van der Waals surface area (Å²) >= 11 is 0. The molecule has 1 unspecified atom stereocenters. The van der Waals surface area contributed by atoms with Crippen LogP contribution < -0.4 is 10.00 Å². The molecule has 0 saturated heterocycles. The van der Waals surface area contributed by atoms with Gasteiger partial charge in [-0.15, -0.1) is 0 Å². The van der Waals surface area contributed by atoms with E-state index in [0.29, 0.717) is 0 Å². The summed E-state index contributed by atoms with van der Waals surface area (Å²) in [5, 5.41) is 17.3. The molecule has 6 nitrogen and oxygen atoms in total. The van der Waals surface area contributed by atoms with Crippen LogP contribution in [0.2, 0.25) is 0 Å². The van der Waals surface area contributed by atoms with Gasteiger partial charge in [0.05, 0.1) is 12.0 Å². The van der Waals surface area contributed by atoms with Gasteiger partial charge in [-0.05, 0) is 27.9 Å². The van der Waals surface area contributed by atoms with Gasteiger partial charge in [0, 0.05) is 13.8 Å². The van der Waals surface area contributed by atoms with Crippen molar-refractivity contribution in [2.24, 2.45) is 0 Å². The van der Waals surface area contributed by atoms with Crippen LogP contribution in [-0.2, 0) is 17.4 Å². The van der Waals surface area contributed by atoms with E-state index in [-0.39, 0.29) is 35.5 Å². The largest absolute Gasteiger partial charge is 0.416 e. The van der Waals surface area contributed by atoms with Crippen molar-refractivity contribution in [3.63, 3.8) is 0 Å². The number of anilines is 1. The van der Waals surface area contributed by atoms with Gasteiger partial charge in [0.15, 0.2) is 12.1 Å². The highest BCUT2D eigenvalue weighted by molar-refractivity contribution is 5.91. The summed E-state index contributed by atoms with van der Waals surface area (Å²) in [4.78, 5) is 12.4. The van der Waals surface area contributed by atoms with Gasteiger partial charge in [-0.3, -0.25) is 14.6 Å². The molecular formula is C21H21F3N3O3+. The Morgan fingerprint density at radius 2 is 1.77 bits per heavy atom. The van der Waals surface area contributed by atoms with Crippen LogP contribution in [0.15, 0.2) is 59.1 Å². The van der Waals surface area contributed by atoms with E-state index in [2.05, 4.69) is 10.6 Å². The van der Waals surface area contributed by atoms with E-state index in [9.17, 15) is 23.1 Å². The molecule has 1 heterocycles. The number of hydrogen-bond acceptors (Lipinski definition) is 4. The van der Waals surface area contributed by atoms with Crippen LogP contribution in [0.4, 0.5) is 19.1 Å². The highest BCUT2D eigenvalue weighted by Gasteiger charge is 2.36. The Hall–Kier alpha value is -3.20. The van der Waals surface area contributed by atoms with Crippen molar-refractivity contribution in [3.05, 3.63) is 77.0 Å². The maximum atomic E-state index is 12.8. The van der Waals surface area contributed by atoms with Gasteiger partial charge in [0.2, 0.25) is 11.2 Å². The van der Waals surface area contributed by atoms with Crippen LogP contribution >= 0.6 is 0 Å². The Kier molecular flexibility index (Phi) is 6.21. The van der Waals surface area contributed by atoms with E-state index in [0.717, 1.165) is 17.7 Å². The monoisotopic (exact) mass is 420 g/mol. The number of amides is 1. The van der Waals surface area contributed by atoms with Gasteiger partial charge in [-0.25, -0.2) is 0 Å². The molecule has 1 aromatic heterocycles. The maximum Gasteiger partial charge on any atom is 0.416 e. The number of aliphatic hydroxyl groups is 1. The Balaban J connectivity index is 1.87. The number of hydrogen-bond donors (Lipinski definition) is 2. The molecule has 30 heavy (non-hydrogen) atoms. The SMILES string of the molecule is CC(C)[n+]1noc(NC(=O)Cc2ccccc2)c1C(O)c1ccc(C(F)(F)F)cc1. The first kappa shape index (κ1) is 21.5. The normalized spacial score (nSPS) is 12.8. The first-order chi connectivity index (χ1) is 14.2. The summed E-state index contributed by atoms with van der Waals surface area (Å²) in [5.41, 5.74) is 0.318. The van der Waals surface area contributed by atoms with E-state index in [1.807, 2.05) is 18.2 Å². The van der Waals surface area contributed by atoms with E-state index >= 15 is 0 Å². The number of nitrogens with one attached hydrogen (secondary N) is 1. The molecule has 2 aromatic carbocycles. The molecule has 3 rings (SSSR count). The van der Waals surface area contributed by atoms with E-state index < -0.39 is 17.8 Å². The molecule has 0 aliphatic rings. The number of halogens is 3. The zero-order valence-electron chi connectivity index (χ0n) is 16.3. The van der Waals surface area contributed by atoms with Crippen molar-refractivity contribution in [2.75, 3.05) is 5.32 Å². The molecule has 0 radical (unpaired) electrons. The lowest BCUT2D eigenvalue weighted by Crippen LogP contribution is -2.43. The Morgan fingerprint density at radius 1 is 1.13 bits per heavy atom. The second kappa shape index (κ2) is 8.66. The quantitative estimate of drug-likeness (QED) is 0.594. The van der Waals surface area contributed by atoms with Crippen LogP contribution in [0.5, 0.6) is 0 Å². The predicted octanol–water partition coefficient (Wildman–Crippen LogP) is 3.82. The second-order valence-electron chi connectivity index (χ2n) is 7.06. The number of aromatic nitrogens is 2. The third-order valence-corrected chi connectivity index (χ3v) is 4.46. The molecular weight excluding hydrogens is 399 g/mol. The van der Waals surface area contributed by atoms with Crippen molar-refractivity contribution < 1.29 is 32.3 Å². The molecule has 9 heteroatoms. The van der Waals surface area contributed by atoms with Gasteiger partial charge in [0.1, 0.15) is 0 Å². The Morgan fingerprint density at radius 3 is 2.33 bits per heavy atom. The van der Waals surface area contributed by atoms with Crippen molar-refractivity contribution in [1.82, 2.24) is 5.27 Å². The van der Waals surface area contributed by atoms with Crippen molar-refractivity contribution in [3.8, 4) is 0 Å². The van der Waals surface area contributed by atoms with Crippen LogP contribution in [0, 0.1) is 0 Å². The molecule has 1 atom stereocenters. The van der Waals surface area contributed by atoms with Crippen LogP contribution in [-0.4, -0.2) is 16.3 Å². The summed E-state index contributed by atoms with van der Waals surface area (Å²) in [6, 6.07) is 13.0. The number of nitrogens with zero attached hydrogens (tertiary/aromatic N) is 2. The fourth-order valence-corrected chi connectivity index (χ4v) is 2.95. The van der Waals surface area contributed by atoms with E-state index in [1.54, 1.807) is 26.0 Å². The van der Waals surface area contributed by atoms with E-state index in [4.69, 9.17) is 4.52 Å². The number of carbonyl (C=O) groups excluding carboxylic acids is 1. The summed E-state index contributed by atoms with van der Waals surface area (Å²) in [6.07, 6.45) is -5.75. The highest BCUT2D eigenvalue weighted by atomic mass is 19.4. The molecule has 0 aliphatic heterocycles. The first-order valence-electron chi connectivity index (χ1n) is 9.27. The average Bonchev–Trinajstić information content (AvgIpc) is 3.11. The Labute approximate surface area is 170 Å². The molecule has 0 bridgehead atoms. The zero-order valence-corrected chi connectivity index (χ0v) is 16.3. The van der Waals surface area contributed by atoms with Gasteiger partial charge < -0.3 is 5.11 Å². The average molecular weight is 420 g/mol. The summed E-state index contributed by atoms with van der Waals surface area (Å²) < 4.78 is 45.0. The molecule has 0 fully saturated rings. The number of aliphatic hydroxyl groups excluding tert-OH is 1. The molecule has 3 aromatic rings. The maximum absolute atomic E-state index is 12.8. The van der Waals surface area contributed by atoms with Gasteiger partial charge >= 0.3 is 17.8 Å². The molecule has 0 spiro atoms. The highest BCUT2D eigenvalue weighted by Crippen LogP contribution is 2.32. The number of carbonyl (C=O) groups is 1. The van der Waals surface area contributed by atoms with Gasteiger partial charge in [-0.1, -0.05) is 42.5 Å². The molecule has 0 saturated carbocycles. The fourth-order valence-electron chi connectivity index (χ4n) is 2.95. The lowest BCUT2D eigenvalue weighted by molar-refractivity contribution is -0.787. The van der Waals surface area contributed by atoms with E-state index in [1.165, 1.54) is 16.8 Å². The lowest BCUT2D eigenvalue weighted by Gasteiger charge is -2.11. The topological polar surface area (TPSA) is 79.2 Å².